The van der Waals surface area contributed by atoms with Crippen molar-refractivity contribution < 1.29 is 9.15 Å². The summed E-state index contributed by atoms with van der Waals surface area (Å²) in [5.41, 5.74) is 0. The van der Waals surface area contributed by atoms with Crippen LogP contribution in [0.15, 0.2) is 21.2 Å². The van der Waals surface area contributed by atoms with E-state index in [9.17, 15) is 0 Å². The summed E-state index contributed by atoms with van der Waals surface area (Å²) >= 11 is 3.59. The second kappa shape index (κ2) is 8.20. The van der Waals surface area contributed by atoms with Crippen LogP contribution in [0, 0.1) is 5.92 Å². The van der Waals surface area contributed by atoms with Crippen LogP contribution in [0.2, 0.25) is 0 Å². The molecule has 114 valence electrons. The summed E-state index contributed by atoms with van der Waals surface area (Å²) in [6.07, 6.45) is 9.58. The van der Waals surface area contributed by atoms with Crippen molar-refractivity contribution in [1.82, 2.24) is 5.32 Å². The van der Waals surface area contributed by atoms with Crippen molar-refractivity contribution in [2.75, 3.05) is 13.7 Å². The van der Waals surface area contributed by atoms with Crippen molar-refractivity contribution >= 4 is 15.9 Å². The zero-order valence-electron chi connectivity index (χ0n) is 12.5. The summed E-state index contributed by atoms with van der Waals surface area (Å²) in [4.78, 5) is 0. The standard InChI is InChI=1S/C16H26BrNO2/c1-3-10-18-14(16-13(17)9-11-20-16)15(19-2)12-7-5-4-6-8-12/h9,11-12,14-15,18H,3-8,10H2,1-2H3. The second-order valence-electron chi connectivity index (χ2n) is 5.66. The number of halogens is 1. The Morgan fingerprint density at radius 1 is 1.40 bits per heavy atom. The topological polar surface area (TPSA) is 34.4 Å². The molecule has 2 rings (SSSR count). The highest BCUT2D eigenvalue weighted by Gasteiger charge is 2.34. The van der Waals surface area contributed by atoms with Crippen LogP contribution >= 0.6 is 15.9 Å². The highest BCUT2D eigenvalue weighted by molar-refractivity contribution is 9.10. The highest BCUT2D eigenvalue weighted by atomic mass is 79.9. The first-order chi connectivity index (χ1) is 9.77. The summed E-state index contributed by atoms with van der Waals surface area (Å²) in [6, 6.07) is 2.09. The zero-order valence-corrected chi connectivity index (χ0v) is 14.1. The van der Waals surface area contributed by atoms with Crippen LogP contribution < -0.4 is 5.32 Å². The molecule has 0 aromatic carbocycles. The van der Waals surface area contributed by atoms with E-state index < -0.39 is 0 Å². The molecular weight excluding hydrogens is 318 g/mol. The largest absolute Gasteiger partial charge is 0.466 e. The van der Waals surface area contributed by atoms with E-state index in [4.69, 9.17) is 9.15 Å². The van der Waals surface area contributed by atoms with Gasteiger partial charge in [-0.05, 0) is 53.7 Å². The molecule has 0 radical (unpaired) electrons. The minimum Gasteiger partial charge on any atom is -0.466 e. The fourth-order valence-corrected chi connectivity index (χ4v) is 3.70. The fraction of sp³-hybridized carbons (Fsp3) is 0.750. The predicted octanol–water partition coefficient (Wildman–Crippen LogP) is 4.68. The lowest BCUT2D eigenvalue weighted by Crippen LogP contribution is -2.39. The Morgan fingerprint density at radius 3 is 2.70 bits per heavy atom. The van der Waals surface area contributed by atoms with Crippen LogP contribution in [0.25, 0.3) is 0 Å². The Morgan fingerprint density at radius 2 is 2.15 bits per heavy atom. The smallest absolute Gasteiger partial charge is 0.137 e. The average molecular weight is 344 g/mol. The van der Waals surface area contributed by atoms with Crippen molar-refractivity contribution in [1.29, 1.82) is 0 Å². The number of ether oxygens (including phenoxy) is 1. The SMILES string of the molecule is CCCNC(c1occc1Br)C(OC)C1CCCCC1. The molecule has 1 aliphatic rings. The summed E-state index contributed by atoms with van der Waals surface area (Å²) in [7, 11) is 1.83. The molecule has 1 aromatic rings. The van der Waals surface area contributed by atoms with Gasteiger partial charge in [0.1, 0.15) is 5.76 Å². The minimum absolute atomic E-state index is 0.132. The van der Waals surface area contributed by atoms with Crippen LogP contribution in [0.3, 0.4) is 0 Å². The molecule has 0 spiro atoms. The lowest BCUT2D eigenvalue weighted by Gasteiger charge is -2.34. The van der Waals surface area contributed by atoms with Crippen molar-refractivity contribution in [3.05, 3.63) is 22.6 Å². The molecule has 1 aromatic heterocycles. The maximum Gasteiger partial charge on any atom is 0.137 e. The third-order valence-electron chi connectivity index (χ3n) is 4.26. The Balaban J connectivity index is 2.16. The molecule has 1 heterocycles. The number of rotatable bonds is 7. The Labute approximate surface area is 130 Å². The third-order valence-corrected chi connectivity index (χ3v) is 4.91. The number of methoxy groups -OCH3 is 1. The molecule has 1 fully saturated rings. The van der Waals surface area contributed by atoms with Crippen LogP contribution in [-0.2, 0) is 4.74 Å². The molecule has 1 saturated carbocycles. The Hall–Kier alpha value is -0.320. The molecular formula is C16H26BrNO2. The predicted molar refractivity (Wildman–Crippen MR) is 84.8 cm³/mol. The van der Waals surface area contributed by atoms with E-state index in [-0.39, 0.29) is 12.1 Å². The summed E-state index contributed by atoms with van der Waals surface area (Å²) in [5, 5.41) is 3.61. The van der Waals surface area contributed by atoms with Gasteiger partial charge < -0.3 is 14.5 Å². The Kier molecular flexibility index (Phi) is 6.59. The summed E-state index contributed by atoms with van der Waals surface area (Å²) < 4.78 is 12.6. The lowest BCUT2D eigenvalue weighted by atomic mass is 9.82. The zero-order chi connectivity index (χ0) is 14.4. The number of nitrogens with one attached hydrogen (secondary N) is 1. The number of furan rings is 1. The van der Waals surface area contributed by atoms with Gasteiger partial charge in [0, 0.05) is 7.11 Å². The van der Waals surface area contributed by atoms with Crippen LogP contribution in [0.4, 0.5) is 0 Å². The lowest BCUT2D eigenvalue weighted by molar-refractivity contribution is 0.00205. The van der Waals surface area contributed by atoms with Gasteiger partial charge in [0.25, 0.3) is 0 Å². The van der Waals surface area contributed by atoms with Crippen molar-refractivity contribution in [3.8, 4) is 0 Å². The van der Waals surface area contributed by atoms with Gasteiger partial charge in [0.15, 0.2) is 0 Å². The first-order valence-corrected chi connectivity index (χ1v) is 8.56. The van der Waals surface area contributed by atoms with Crippen molar-refractivity contribution in [3.63, 3.8) is 0 Å². The third kappa shape index (κ3) is 3.86. The molecule has 2 atom stereocenters. The van der Waals surface area contributed by atoms with Gasteiger partial charge in [-0.2, -0.15) is 0 Å². The summed E-state index contributed by atoms with van der Waals surface area (Å²) in [5.74, 6) is 1.59. The minimum atomic E-state index is 0.132. The monoisotopic (exact) mass is 343 g/mol. The average Bonchev–Trinajstić information content (AvgIpc) is 2.90. The molecule has 3 nitrogen and oxygen atoms in total. The van der Waals surface area contributed by atoms with E-state index in [1.54, 1.807) is 6.26 Å². The molecule has 1 N–H and O–H groups in total. The van der Waals surface area contributed by atoms with E-state index in [2.05, 4.69) is 28.2 Å². The molecule has 1 aliphatic carbocycles. The van der Waals surface area contributed by atoms with E-state index >= 15 is 0 Å². The van der Waals surface area contributed by atoms with Crippen LogP contribution in [-0.4, -0.2) is 19.8 Å². The number of hydrogen-bond donors (Lipinski definition) is 1. The van der Waals surface area contributed by atoms with Crippen LogP contribution in [0.5, 0.6) is 0 Å². The molecule has 2 unspecified atom stereocenters. The van der Waals surface area contributed by atoms with E-state index in [0.717, 1.165) is 23.2 Å². The van der Waals surface area contributed by atoms with Gasteiger partial charge in [-0.25, -0.2) is 0 Å². The van der Waals surface area contributed by atoms with Gasteiger partial charge in [0.2, 0.25) is 0 Å². The quantitative estimate of drug-likeness (QED) is 0.780. The maximum atomic E-state index is 5.88. The first kappa shape index (κ1) is 16.1. The van der Waals surface area contributed by atoms with Gasteiger partial charge >= 0.3 is 0 Å². The summed E-state index contributed by atoms with van der Waals surface area (Å²) in [6.45, 7) is 3.16. The van der Waals surface area contributed by atoms with Gasteiger partial charge in [0.05, 0.1) is 22.9 Å². The van der Waals surface area contributed by atoms with Crippen molar-refractivity contribution in [2.24, 2.45) is 5.92 Å². The molecule has 0 amide bonds. The van der Waals surface area contributed by atoms with E-state index in [1.807, 2.05) is 13.2 Å². The highest BCUT2D eigenvalue weighted by Crippen LogP contribution is 2.36. The normalized spacial score (nSPS) is 19.9. The first-order valence-electron chi connectivity index (χ1n) is 7.77. The van der Waals surface area contributed by atoms with E-state index in [1.165, 1.54) is 32.1 Å². The second-order valence-corrected chi connectivity index (χ2v) is 6.52. The fourth-order valence-electron chi connectivity index (χ4n) is 3.25. The van der Waals surface area contributed by atoms with Crippen LogP contribution in [0.1, 0.15) is 57.3 Å². The van der Waals surface area contributed by atoms with Gasteiger partial charge in [-0.15, -0.1) is 0 Å². The number of hydrogen-bond acceptors (Lipinski definition) is 3. The Bertz CT molecular complexity index is 388. The molecule has 0 bridgehead atoms. The van der Waals surface area contributed by atoms with Crippen molar-refractivity contribution in [2.45, 2.75) is 57.6 Å². The van der Waals surface area contributed by atoms with E-state index in [0.29, 0.717) is 5.92 Å². The molecule has 0 saturated heterocycles. The van der Waals surface area contributed by atoms with Gasteiger partial charge in [-0.3, -0.25) is 0 Å². The molecule has 4 heteroatoms. The maximum absolute atomic E-state index is 5.88. The van der Waals surface area contributed by atoms with Gasteiger partial charge in [-0.1, -0.05) is 26.2 Å². The molecule has 20 heavy (non-hydrogen) atoms. The molecule has 0 aliphatic heterocycles.